The summed E-state index contributed by atoms with van der Waals surface area (Å²) in [6, 6.07) is 10.7. The summed E-state index contributed by atoms with van der Waals surface area (Å²) in [7, 11) is 0. The predicted molar refractivity (Wildman–Crippen MR) is 81.1 cm³/mol. The maximum absolute atomic E-state index is 6.11. The van der Waals surface area contributed by atoms with Gasteiger partial charge in [-0.2, -0.15) is 0 Å². The molecule has 0 amide bonds. The fourth-order valence-electron chi connectivity index (χ4n) is 2.74. The molecular formula is C18H26O. The molecule has 0 radical (unpaired) electrons. The van der Waals surface area contributed by atoms with E-state index in [9.17, 15) is 0 Å². The van der Waals surface area contributed by atoms with Crippen LogP contribution < -0.4 is 0 Å². The topological polar surface area (TPSA) is 9.23 Å². The smallest absolute Gasteiger partial charge is 0.0887 e. The quantitative estimate of drug-likeness (QED) is 0.515. The lowest BCUT2D eigenvalue weighted by atomic mass is 9.91. The Bertz CT molecular complexity index is 369. The van der Waals surface area contributed by atoms with E-state index in [0.29, 0.717) is 5.92 Å². The van der Waals surface area contributed by atoms with E-state index >= 15 is 0 Å². The molecule has 1 aromatic carbocycles. The lowest BCUT2D eigenvalue weighted by Gasteiger charge is -2.23. The van der Waals surface area contributed by atoms with Gasteiger partial charge in [-0.25, -0.2) is 0 Å². The summed E-state index contributed by atoms with van der Waals surface area (Å²) in [5, 5.41) is 0. The fraction of sp³-hybridized carbons (Fsp3) is 0.556. The van der Waals surface area contributed by atoms with Crippen LogP contribution in [0.5, 0.6) is 0 Å². The standard InChI is InChI=1S/C18H26O/c1-2-3-4-6-11-17-14-9-10-15-19-18(17)16-12-7-5-8-13-16/h5-8,11-13,17-18H,2-4,9-10,14-15H2,1H3/b11-6+/t17-,18+/m0/s1. The Hall–Kier alpha value is -1.08. The van der Waals surface area contributed by atoms with E-state index in [0.717, 1.165) is 6.61 Å². The number of hydrogen-bond acceptors (Lipinski definition) is 1. The minimum absolute atomic E-state index is 0.251. The Morgan fingerprint density at radius 3 is 2.84 bits per heavy atom. The van der Waals surface area contributed by atoms with Crippen molar-refractivity contribution in [2.75, 3.05) is 6.61 Å². The molecule has 1 fully saturated rings. The van der Waals surface area contributed by atoms with Crippen LogP contribution in [0.2, 0.25) is 0 Å². The van der Waals surface area contributed by atoms with Gasteiger partial charge in [0.15, 0.2) is 0 Å². The zero-order valence-electron chi connectivity index (χ0n) is 12.1. The van der Waals surface area contributed by atoms with Gasteiger partial charge in [0, 0.05) is 12.5 Å². The first-order valence-electron chi connectivity index (χ1n) is 7.75. The number of hydrogen-bond donors (Lipinski definition) is 0. The Balaban J connectivity index is 2.05. The Morgan fingerprint density at radius 2 is 2.05 bits per heavy atom. The summed E-state index contributed by atoms with van der Waals surface area (Å²) >= 11 is 0. The number of ether oxygens (including phenoxy) is 1. The van der Waals surface area contributed by atoms with Crippen molar-refractivity contribution in [2.45, 2.75) is 51.6 Å². The van der Waals surface area contributed by atoms with Crippen molar-refractivity contribution in [3.63, 3.8) is 0 Å². The van der Waals surface area contributed by atoms with Gasteiger partial charge in [-0.1, -0.05) is 68.7 Å². The van der Waals surface area contributed by atoms with E-state index < -0.39 is 0 Å². The minimum Gasteiger partial charge on any atom is -0.373 e. The van der Waals surface area contributed by atoms with E-state index in [1.165, 1.54) is 44.1 Å². The SMILES string of the molecule is CCCC/C=C/[C@H]1CCCCO[C@@H]1c1ccccc1. The Kier molecular flexibility index (Phi) is 6.16. The van der Waals surface area contributed by atoms with E-state index in [1.807, 2.05) is 0 Å². The molecule has 1 heteroatoms. The molecule has 1 aliphatic heterocycles. The zero-order chi connectivity index (χ0) is 13.3. The van der Waals surface area contributed by atoms with Crippen molar-refractivity contribution in [3.05, 3.63) is 48.0 Å². The lowest BCUT2D eigenvalue weighted by Crippen LogP contribution is -2.12. The molecule has 1 heterocycles. The van der Waals surface area contributed by atoms with Crippen LogP contribution in [0.3, 0.4) is 0 Å². The summed E-state index contributed by atoms with van der Waals surface area (Å²) in [6.07, 6.45) is 12.5. The summed E-state index contributed by atoms with van der Waals surface area (Å²) < 4.78 is 6.11. The fourth-order valence-corrected chi connectivity index (χ4v) is 2.74. The van der Waals surface area contributed by atoms with Gasteiger partial charge in [0.2, 0.25) is 0 Å². The van der Waals surface area contributed by atoms with Gasteiger partial charge in [0.25, 0.3) is 0 Å². The average Bonchev–Trinajstić information content (AvgIpc) is 2.70. The third-order valence-corrected chi connectivity index (χ3v) is 3.85. The first-order valence-corrected chi connectivity index (χ1v) is 7.75. The molecule has 0 aliphatic carbocycles. The highest BCUT2D eigenvalue weighted by Crippen LogP contribution is 2.33. The van der Waals surface area contributed by atoms with Gasteiger partial charge >= 0.3 is 0 Å². The summed E-state index contributed by atoms with van der Waals surface area (Å²) in [6.45, 7) is 3.15. The van der Waals surface area contributed by atoms with Crippen LogP contribution in [0.15, 0.2) is 42.5 Å². The average molecular weight is 258 g/mol. The van der Waals surface area contributed by atoms with Crippen molar-refractivity contribution < 1.29 is 4.74 Å². The molecule has 2 atom stereocenters. The molecule has 0 N–H and O–H groups in total. The molecule has 104 valence electrons. The molecule has 1 aromatic rings. The van der Waals surface area contributed by atoms with Crippen LogP contribution >= 0.6 is 0 Å². The van der Waals surface area contributed by atoms with Gasteiger partial charge in [-0.05, 0) is 24.8 Å². The largest absolute Gasteiger partial charge is 0.373 e. The molecule has 0 bridgehead atoms. The third-order valence-electron chi connectivity index (χ3n) is 3.85. The molecule has 0 saturated carbocycles. The van der Waals surface area contributed by atoms with Crippen molar-refractivity contribution in [2.24, 2.45) is 5.92 Å². The van der Waals surface area contributed by atoms with E-state index in [-0.39, 0.29) is 6.10 Å². The van der Waals surface area contributed by atoms with Gasteiger partial charge in [0.1, 0.15) is 0 Å². The second kappa shape index (κ2) is 8.16. The second-order valence-electron chi connectivity index (χ2n) is 5.43. The van der Waals surface area contributed by atoms with Crippen LogP contribution in [0.1, 0.15) is 57.1 Å². The van der Waals surface area contributed by atoms with Gasteiger partial charge < -0.3 is 4.74 Å². The monoisotopic (exact) mass is 258 g/mol. The number of unbranched alkanes of at least 4 members (excludes halogenated alkanes) is 2. The van der Waals surface area contributed by atoms with Crippen molar-refractivity contribution in [1.82, 2.24) is 0 Å². The molecular weight excluding hydrogens is 232 g/mol. The van der Waals surface area contributed by atoms with Gasteiger partial charge in [0.05, 0.1) is 6.10 Å². The maximum Gasteiger partial charge on any atom is 0.0887 e. The summed E-state index contributed by atoms with van der Waals surface area (Å²) in [5.41, 5.74) is 1.33. The summed E-state index contributed by atoms with van der Waals surface area (Å²) in [5.74, 6) is 0.543. The molecule has 1 nitrogen and oxygen atoms in total. The summed E-state index contributed by atoms with van der Waals surface area (Å²) in [4.78, 5) is 0. The highest BCUT2D eigenvalue weighted by atomic mass is 16.5. The van der Waals surface area contributed by atoms with E-state index in [4.69, 9.17) is 4.74 Å². The second-order valence-corrected chi connectivity index (χ2v) is 5.43. The molecule has 1 aliphatic rings. The van der Waals surface area contributed by atoms with Crippen LogP contribution in [-0.4, -0.2) is 6.61 Å². The predicted octanol–water partition coefficient (Wildman–Crippen LogP) is 5.29. The normalized spacial score (nSPS) is 24.5. The molecule has 0 unspecified atom stereocenters. The highest BCUT2D eigenvalue weighted by Gasteiger charge is 2.23. The van der Waals surface area contributed by atoms with Crippen LogP contribution in [0.4, 0.5) is 0 Å². The van der Waals surface area contributed by atoms with Crippen LogP contribution in [0, 0.1) is 5.92 Å². The van der Waals surface area contributed by atoms with Crippen molar-refractivity contribution in [3.8, 4) is 0 Å². The number of rotatable bonds is 5. The highest BCUT2D eigenvalue weighted by molar-refractivity contribution is 5.20. The first-order chi connectivity index (χ1) is 9.42. The third kappa shape index (κ3) is 4.50. The lowest BCUT2D eigenvalue weighted by molar-refractivity contribution is 0.0371. The van der Waals surface area contributed by atoms with Gasteiger partial charge in [-0.15, -0.1) is 0 Å². The molecule has 0 aromatic heterocycles. The van der Waals surface area contributed by atoms with Gasteiger partial charge in [-0.3, -0.25) is 0 Å². The maximum atomic E-state index is 6.11. The molecule has 19 heavy (non-hydrogen) atoms. The Morgan fingerprint density at radius 1 is 1.21 bits per heavy atom. The first kappa shape index (κ1) is 14.3. The van der Waals surface area contributed by atoms with Crippen molar-refractivity contribution >= 4 is 0 Å². The van der Waals surface area contributed by atoms with Crippen molar-refractivity contribution in [1.29, 1.82) is 0 Å². The van der Waals surface area contributed by atoms with Crippen LogP contribution in [0.25, 0.3) is 0 Å². The molecule has 2 rings (SSSR count). The number of allylic oxidation sites excluding steroid dienone is 1. The minimum atomic E-state index is 0.251. The Labute approximate surface area is 117 Å². The number of benzene rings is 1. The van der Waals surface area contributed by atoms with Crippen LogP contribution in [-0.2, 0) is 4.74 Å². The van der Waals surface area contributed by atoms with E-state index in [2.05, 4.69) is 49.4 Å². The van der Waals surface area contributed by atoms with E-state index in [1.54, 1.807) is 0 Å². The zero-order valence-corrected chi connectivity index (χ0v) is 12.1. The molecule has 1 saturated heterocycles. The molecule has 0 spiro atoms.